The Kier molecular flexibility index (Phi) is 4.79. The maximum atomic E-state index is 9.67. The normalized spacial score (nSPS) is 20.5. The Bertz CT molecular complexity index is 410. The van der Waals surface area contributed by atoms with Gasteiger partial charge in [0.25, 0.3) is 0 Å². The number of rotatable bonds is 2. The van der Waals surface area contributed by atoms with E-state index in [2.05, 4.69) is 36.1 Å². The Balaban J connectivity index is 0.000000297. The van der Waals surface area contributed by atoms with Crippen molar-refractivity contribution in [2.75, 3.05) is 13.1 Å². The lowest BCUT2D eigenvalue weighted by molar-refractivity contribution is 0.000867. The van der Waals surface area contributed by atoms with Gasteiger partial charge in [-0.15, -0.1) is 12.6 Å². The fraction of sp³-hybridized carbons (Fsp3) is 0.571. The molecule has 1 nitrogen and oxygen atoms in total. The van der Waals surface area contributed by atoms with Crippen molar-refractivity contribution in [1.82, 2.24) is 5.32 Å². The lowest BCUT2D eigenvalue weighted by atomic mass is 9.57. The molecule has 1 heterocycles. The third-order valence-electron chi connectivity index (χ3n) is 3.88. The number of benzene rings is 1. The minimum absolute atomic E-state index is 0.712. The number of thiol groups is 1. The largest absolute Gasteiger partial charge is 0.379 e. The Hall–Kier alpha value is -0.680. The molecule has 1 N–H and O–H groups in total. The molecule has 1 aliphatic carbocycles. The summed E-state index contributed by atoms with van der Waals surface area (Å²) in [5.41, 5.74) is 2.16. The van der Waals surface area contributed by atoms with Gasteiger partial charge in [0.05, 0.1) is 0 Å². The third kappa shape index (κ3) is 4.14. The molecule has 106 valence electrons. The van der Waals surface area contributed by atoms with Gasteiger partial charge < -0.3 is 5.32 Å². The molecule has 2 aliphatic rings. The van der Waals surface area contributed by atoms with E-state index < -0.39 is 6.68 Å². The van der Waals surface area contributed by atoms with E-state index in [0.29, 0.717) is 5.41 Å². The highest BCUT2D eigenvalue weighted by Crippen LogP contribution is 2.49. The highest BCUT2D eigenvalue weighted by atomic mass is 32.1. The first-order valence-electron chi connectivity index (χ1n) is 6.40. The number of alkyl halides is 3. The Morgan fingerprint density at radius 1 is 1.26 bits per heavy atom. The van der Waals surface area contributed by atoms with Crippen LogP contribution in [0.25, 0.3) is 0 Å². The number of hydrogen-bond acceptors (Lipinski definition) is 2. The molecular formula is C14H18F3NS. The fourth-order valence-electron chi connectivity index (χ4n) is 3.09. The first kappa shape index (κ1) is 14.7. The molecule has 1 spiro atoms. The molecule has 0 radical (unpaired) electrons. The molecule has 1 saturated heterocycles. The van der Waals surface area contributed by atoms with Gasteiger partial charge in [-0.25, -0.2) is 0 Å². The Morgan fingerprint density at radius 2 is 1.89 bits per heavy atom. The van der Waals surface area contributed by atoms with Crippen LogP contribution in [0.5, 0.6) is 0 Å². The summed E-state index contributed by atoms with van der Waals surface area (Å²) in [5, 5.41) is 3.39. The standard InChI is InChI=1S/C13H17NS.CHF3/c15-12-3-1-2-10(5-12)4-11-6-13(7-11)8-14-9-13;2-1(3)4/h1-3,5,11,14-15H,4,6-9H2;1H. The van der Waals surface area contributed by atoms with Crippen LogP contribution < -0.4 is 5.32 Å². The van der Waals surface area contributed by atoms with Crippen molar-refractivity contribution in [2.45, 2.75) is 30.8 Å². The lowest BCUT2D eigenvalue weighted by Gasteiger charge is -2.54. The molecule has 0 aromatic heterocycles. The van der Waals surface area contributed by atoms with Crippen LogP contribution >= 0.6 is 12.6 Å². The molecule has 1 aromatic rings. The number of halogens is 3. The van der Waals surface area contributed by atoms with E-state index in [0.717, 1.165) is 10.8 Å². The van der Waals surface area contributed by atoms with Gasteiger partial charge in [-0.05, 0) is 48.3 Å². The van der Waals surface area contributed by atoms with Crippen molar-refractivity contribution in [2.24, 2.45) is 11.3 Å². The van der Waals surface area contributed by atoms with Crippen LogP contribution in [-0.4, -0.2) is 19.8 Å². The van der Waals surface area contributed by atoms with Gasteiger partial charge in [-0.3, -0.25) is 0 Å². The molecular weight excluding hydrogens is 271 g/mol. The minimum Gasteiger partial charge on any atom is -0.316 e. The maximum Gasteiger partial charge on any atom is 0.379 e. The molecule has 0 bridgehead atoms. The second kappa shape index (κ2) is 6.18. The molecule has 0 atom stereocenters. The van der Waals surface area contributed by atoms with Crippen molar-refractivity contribution >= 4 is 12.6 Å². The van der Waals surface area contributed by atoms with Gasteiger partial charge in [-0.2, -0.15) is 13.2 Å². The van der Waals surface area contributed by atoms with Crippen LogP contribution in [0.1, 0.15) is 18.4 Å². The van der Waals surface area contributed by atoms with Crippen molar-refractivity contribution < 1.29 is 13.2 Å². The summed E-state index contributed by atoms with van der Waals surface area (Å²) in [4.78, 5) is 1.09. The van der Waals surface area contributed by atoms with E-state index in [9.17, 15) is 13.2 Å². The summed E-state index contributed by atoms with van der Waals surface area (Å²) in [6.45, 7) is -1.15. The third-order valence-corrected chi connectivity index (χ3v) is 4.16. The first-order chi connectivity index (χ1) is 8.99. The minimum atomic E-state index is -3.67. The second-order valence-electron chi connectivity index (χ2n) is 5.50. The molecule has 1 aliphatic heterocycles. The Morgan fingerprint density at radius 3 is 2.37 bits per heavy atom. The summed E-state index contributed by atoms with van der Waals surface area (Å²) < 4.78 is 29.0. The summed E-state index contributed by atoms with van der Waals surface area (Å²) >= 11 is 4.38. The van der Waals surface area contributed by atoms with E-state index in [1.165, 1.54) is 37.9 Å². The molecule has 0 unspecified atom stereocenters. The van der Waals surface area contributed by atoms with E-state index in [-0.39, 0.29) is 0 Å². The van der Waals surface area contributed by atoms with Gasteiger partial charge in [0.15, 0.2) is 0 Å². The molecule has 1 saturated carbocycles. The zero-order valence-corrected chi connectivity index (χ0v) is 11.5. The van der Waals surface area contributed by atoms with E-state index in [1.54, 1.807) is 0 Å². The quantitative estimate of drug-likeness (QED) is 0.791. The Labute approximate surface area is 117 Å². The van der Waals surface area contributed by atoms with Crippen molar-refractivity contribution in [3.8, 4) is 0 Å². The molecule has 1 aromatic carbocycles. The lowest BCUT2D eigenvalue weighted by Crippen LogP contribution is -2.60. The van der Waals surface area contributed by atoms with Crippen LogP contribution in [-0.2, 0) is 6.42 Å². The van der Waals surface area contributed by atoms with Crippen molar-refractivity contribution in [3.05, 3.63) is 29.8 Å². The fourth-order valence-corrected chi connectivity index (χ4v) is 3.35. The first-order valence-corrected chi connectivity index (χ1v) is 6.85. The second-order valence-corrected chi connectivity index (χ2v) is 6.02. The maximum absolute atomic E-state index is 9.67. The van der Waals surface area contributed by atoms with Crippen LogP contribution in [0.15, 0.2) is 29.2 Å². The topological polar surface area (TPSA) is 12.0 Å². The summed E-state index contributed by atoms with van der Waals surface area (Å²) in [6, 6.07) is 8.58. The smallest absolute Gasteiger partial charge is 0.316 e. The van der Waals surface area contributed by atoms with Gasteiger partial charge in [0.2, 0.25) is 0 Å². The summed E-state index contributed by atoms with van der Waals surface area (Å²) in [7, 11) is 0. The number of nitrogens with one attached hydrogen (secondary N) is 1. The van der Waals surface area contributed by atoms with Crippen LogP contribution in [0.2, 0.25) is 0 Å². The van der Waals surface area contributed by atoms with Crippen LogP contribution in [0.3, 0.4) is 0 Å². The van der Waals surface area contributed by atoms with E-state index in [1.807, 2.05) is 6.07 Å². The zero-order valence-electron chi connectivity index (χ0n) is 10.6. The predicted octanol–water partition coefficient (Wildman–Crippen LogP) is 3.70. The molecule has 19 heavy (non-hydrogen) atoms. The van der Waals surface area contributed by atoms with Crippen molar-refractivity contribution in [3.63, 3.8) is 0 Å². The highest BCUT2D eigenvalue weighted by molar-refractivity contribution is 7.80. The average molecular weight is 289 g/mol. The molecule has 0 amide bonds. The van der Waals surface area contributed by atoms with Crippen LogP contribution in [0.4, 0.5) is 13.2 Å². The molecule has 3 rings (SSSR count). The van der Waals surface area contributed by atoms with E-state index >= 15 is 0 Å². The monoisotopic (exact) mass is 289 g/mol. The summed E-state index contributed by atoms with van der Waals surface area (Å²) in [5.74, 6) is 0.919. The number of hydrogen-bond donors (Lipinski definition) is 2. The van der Waals surface area contributed by atoms with E-state index in [4.69, 9.17) is 0 Å². The summed E-state index contributed by atoms with van der Waals surface area (Å²) in [6.07, 6.45) is 4.10. The van der Waals surface area contributed by atoms with Gasteiger partial charge in [-0.1, -0.05) is 12.1 Å². The van der Waals surface area contributed by atoms with Gasteiger partial charge in [0.1, 0.15) is 0 Å². The SMILES string of the molecule is FC(F)F.Sc1cccc(CC2CC3(CNC3)C2)c1. The van der Waals surface area contributed by atoms with Gasteiger partial charge >= 0.3 is 6.68 Å². The molecule has 2 fully saturated rings. The molecule has 5 heteroatoms. The van der Waals surface area contributed by atoms with Crippen LogP contribution in [0, 0.1) is 11.3 Å². The highest BCUT2D eigenvalue weighted by Gasteiger charge is 2.47. The average Bonchev–Trinajstić information content (AvgIpc) is 2.19. The predicted molar refractivity (Wildman–Crippen MR) is 72.5 cm³/mol. The zero-order chi connectivity index (χ0) is 13.9. The van der Waals surface area contributed by atoms with Crippen molar-refractivity contribution in [1.29, 1.82) is 0 Å². The van der Waals surface area contributed by atoms with Gasteiger partial charge in [0, 0.05) is 18.0 Å².